The molecule has 0 unspecified atom stereocenters. The molecule has 0 aliphatic carbocycles. The van der Waals surface area contributed by atoms with E-state index in [0.717, 1.165) is 6.54 Å². The van der Waals surface area contributed by atoms with Crippen LogP contribution in [0.3, 0.4) is 0 Å². The molecule has 0 rings (SSSR count). The Hall–Kier alpha value is 1.06. The molecule has 0 N–H and O–H groups in total. The van der Waals surface area contributed by atoms with Crippen LogP contribution in [0, 0.1) is 0 Å². The van der Waals surface area contributed by atoms with Crippen molar-refractivity contribution >= 4 is 0 Å². The standard InChI is InChI=1S/C4H10N.Y/c1-3-4-5-2;/h3-4H2,1-2H3;/q-1;. The van der Waals surface area contributed by atoms with Gasteiger partial charge in [0.2, 0.25) is 0 Å². The molecular formula is C4H10NY-. The summed E-state index contributed by atoms with van der Waals surface area (Å²) in [5, 5.41) is 3.85. The first-order chi connectivity index (χ1) is 2.41. The topological polar surface area (TPSA) is 14.1 Å². The second-order valence-corrected chi connectivity index (χ2v) is 1.04. The van der Waals surface area contributed by atoms with E-state index in [0.29, 0.717) is 0 Å². The first-order valence-electron chi connectivity index (χ1n) is 1.97. The van der Waals surface area contributed by atoms with Gasteiger partial charge in [-0.05, 0) is 0 Å². The molecule has 0 spiro atoms. The molecule has 0 aromatic rings. The van der Waals surface area contributed by atoms with E-state index in [4.69, 9.17) is 0 Å². The zero-order valence-corrected chi connectivity index (χ0v) is 7.28. The second-order valence-electron chi connectivity index (χ2n) is 1.04. The van der Waals surface area contributed by atoms with Crippen LogP contribution in [0.4, 0.5) is 0 Å². The zero-order valence-electron chi connectivity index (χ0n) is 4.44. The van der Waals surface area contributed by atoms with Gasteiger partial charge in [0.05, 0.1) is 0 Å². The van der Waals surface area contributed by atoms with Crippen LogP contribution in [0.25, 0.3) is 5.32 Å². The Bertz CT molecular complexity index is 15.0. The predicted molar refractivity (Wildman–Crippen MR) is 24.4 cm³/mol. The Morgan fingerprint density at radius 2 is 2.00 bits per heavy atom. The molecule has 0 aliphatic rings. The summed E-state index contributed by atoms with van der Waals surface area (Å²) in [6.45, 7) is 3.13. The molecule has 0 atom stereocenters. The molecule has 1 nitrogen and oxygen atoms in total. The van der Waals surface area contributed by atoms with Crippen molar-refractivity contribution in [2.24, 2.45) is 0 Å². The maximum absolute atomic E-state index is 3.85. The molecule has 2 heteroatoms. The van der Waals surface area contributed by atoms with Crippen molar-refractivity contribution in [2.75, 3.05) is 13.6 Å². The van der Waals surface area contributed by atoms with Crippen molar-refractivity contribution in [2.45, 2.75) is 13.3 Å². The summed E-state index contributed by atoms with van der Waals surface area (Å²) in [5.74, 6) is 0. The molecular weight excluding hydrogens is 151 g/mol. The summed E-state index contributed by atoms with van der Waals surface area (Å²) in [6, 6.07) is 0. The van der Waals surface area contributed by atoms with Gasteiger partial charge in [-0.1, -0.05) is 13.3 Å². The molecule has 0 saturated heterocycles. The van der Waals surface area contributed by atoms with E-state index in [1.165, 1.54) is 6.42 Å². The molecule has 0 fully saturated rings. The maximum Gasteiger partial charge on any atom is 0 e. The van der Waals surface area contributed by atoms with Crippen LogP contribution >= 0.6 is 0 Å². The second kappa shape index (κ2) is 9.42. The summed E-state index contributed by atoms with van der Waals surface area (Å²) in [6.07, 6.45) is 1.18. The summed E-state index contributed by atoms with van der Waals surface area (Å²) in [4.78, 5) is 0. The summed E-state index contributed by atoms with van der Waals surface area (Å²) in [5.41, 5.74) is 0. The van der Waals surface area contributed by atoms with E-state index in [1.807, 2.05) is 7.05 Å². The largest absolute Gasteiger partial charge is 0.665 e. The molecule has 0 aromatic carbocycles. The number of hydrogen-bond acceptors (Lipinski definition) is 0. The van der Waals surface area contributed by atoms with E-state index in [9.17, 15) is 0 Å². The van der Waals surface area contributed by atoms with E-state index < -0.39 is 0 Å². The van der Waals surface area contributed by atoms with E-state index in [2.05, 4.69) is 12.2 Å². The third-order valence-corrected chi connectivity index (χ3v) is 0.447. The molecule has 0 bridgehead atoms. The Morgan fingerprint density at radius 1 is 1.50 bits per heavy atom. The average molecular weight is 161 g/mol. The third-order valence-electron chi connectivity index (χ3n) is 0.447. The van der Waals surface area contributed by atoms with Crippen LogP contribution in [-0.4, -0.2) is 13.6 Å². The smallest absolute Gasteiger partial charge is 0 e. The fourth-order valence-corrected chi connectivity index (χ4v) is 0.224. The number of hydrogen-bond donors (Lipinski definition) is 0. The van der Waals surface area contributed by atoms with Gasteiger partial charge in [0, 0.05) is 32.7 Å². The minimum atomic E-state index is 0. The Morgan fingerprint density at radius 3 is 2.00 bits per heavy atom. The van der Waals surface area contributed by atoms with Crippen LogP contribution in [0.15, 0.2) is 0 Å². The molecule has 35 valence electrons. The monoisotopic (exact) mass is 161 g/mol. The molecule has 0 amide bonds. The Kier molecular flexibility index (Phi) is 15.9. The quantitative estimate of drug-likeness (QED) is 0.581. The Labute approximate surface area is 64.8 Å². The van der Waals surface area contributed by atoms with Crippen LogP contribution < -0.4 is 0 Å². The van der Waals surface area contributed by atoms with Crippen LogP contribution in [0.2, 0.25) is 0 Å². The van der Waals surface area contributed by atoms with Crippen LogP contribution in [0.1, 0.15) is 13.3 Å². The number of rotatable bonds is 2. The fourth-order valence-electron chi connectivity index (χ4n) is 0.224. The molecule has 6 heavy (non-hydrogen) atoms. The maximum atomic E-state index is 3.85. The first kappa shape index (κ1) is 10.1. The molecule has 0 aliphatic heterocycles. The normalized spacial score (nSPS) is 7.00. The fraction of sp³-hybridized carbons (Fsp3) is 1.00. The van der Waals surface area contributed by atoms with Crippen molar-refractivity contribution in [1.82, 2.24) is 0 Å². The Balaban J connectivity index is 0. The van der Waals surface area contributed by atoms with Crippen molar-refractivity contribution < 1.29 is 32.7 Å². The SMILES string of the molecule is CCC[N-]C.[Y]. The molecule has 1 radical (unpaired) electrons. The van der Waals surface area contributed by atoms with Gasteiger partial charge >= 0.3 is 0 Å². The summed E-state index contributed by atoms with van der Waals surface area (Å²) >= 11 is 0. The minimum Gasteiger partial charge on any atom is -0.665 e. The van der Waals surface area contributed by atoms with Crippen molar-refractivity contribution in [3.63, 3.8) is 0 Å². The van der Waals surface area contributed by atoms with Crippen LogP contribution in [0.5, 0.6) is 0 Å². The summed E-state index contributed by atoms with van der Waals surface area (Å²) in [7, 11) is 1.84. The van der Waals surface area contributed by atoms with E-state index in [-0.39, 0.29) is 32.7 Å². The third kappa shape index (κ3) is 8.91. The number of nitrogens with zero attached hydrogens (tertiary/aromatic N) is 1. The van der Waals surface area contributed by atoms with Gasteiger partial charge in [-0.15, -0.1) is 6.54 Å². The minimum absolute atomic E-state index is 0. The van der Waals surface area contributed by atoms with Crippen molar-refractivity contribution in [1.29, 1.82) is 0 Å². The van der Waals surface area contributed by atoms with Crippen molar-refractivity contribution in [3.05, 3.63) is 5.32 Å². The van der Waals surface area contributed by atoms with Gasteiger partial charge in [0.1, 0.15) is 0 Å². The van der Waals surface area contributed by atoms with Gasteiger partial charge in [-0.25, -0.2) is 0 Å². The molecule has 0 saturated carbocycles. The predicted octanol–water partition coefficient (Wildman–Crippen LogP) is 1.40. The van der Waals surface area contributed by atoms with Gasteiger partial charge < -0.3 is 5.32 Å². The van der Waals surface area contributed by atoms with Crippen molar-refractivity contribution in [3.8, 4) is 0 Å². The van der Waals surface area contributed by atoms with E-state index >= 15 is 0 Å². The summed E-state index contributed by atoms with van der Waals surface area (Å²) < 4.78 is 0. The molecule has 0 aromatic heterocycles. The average Bonchev–Trinajstić information content (AvgIpc) is 1.41. The van der Waals surface area contributed by atoms with E-state index in [1.54, 1.807) is 0 Å². The van der Waals surface area contributed by atoms with Crippen LogP contribution in [-0.2, 0) is 32.7 Å². The van der Waals surface area contributed by atoms with Gasteiger partial charge in [-0.2, -0.15) is 7.05 Å². The first-order valence-corrected chi connectivity index (χ1v) is 1.97. The van der Waals surface area contributed by atoms with Gasteiger partial charge in [-0.3, -0.25) is 0 Å². The molecule has 0 heterocycles. The van der Waals surface area contributed by atoms with Gasteiger partial charge in [0.25, 0.3) is 0 Å². The van der Waals surface area contributed by atoms with Gasteiger partial charge in [0.15, 0.2) is 0 Å². The zero-order chi connectivity index (χ0) is 4.12.